The predicted octanol–water partition coefficient (Wildman–Crippen LogP) is 5.56. The van der Waals surface area contributed by atoms with Crippen molar-refractivity contribution in [3.05, 3.63) is 99.7 Å². The van der Waals surface area contributed by atoms with Crippen molar-refractivity contribution in [1.82, 2.24) is 0 Å². The Morgan fingerprint density at radius 1 is 0.895 bits per heavy atom. The van der Waals surface area contributed by atoms with Gasteiger partial charge in [0.25, 0.3) is 17.7 Å². The Balaban J connectivity index is 1.45. The van der Waals surface area contributed by atoms with Crippen molar-refractivity contribution in [2.75, 3.05) is 22.1 Å². The van der Waals surface area contributed by atoms with Gasteiger partial charge in [-0.05, 0) is 86.0 Å². The molecule has 1 heterocycles. The summed E-state index contributed by atoms with van der Waals surface area (Å²) in [5.41, 5.74) is 4.09. The summed E-state index contributed by atoms with van der Waals surface area (Å²) in [4.78, 5) is 51.5. The molecule has 4 rings (SSSR count). The molecule has 8 nitrogen and oxygen atoms in total. The van der Waals surface area contributed by atoms with Gasteiger partial charge in [-0.3, -0.25) is 14.4 Å². The molecule has 0 unspecified atom stereocenters. The van der Waals surface area contributed by atoms with Crippen LogP contribution in [0.25, 0.3) is 0 Å². The summed E-state index contributed by atoms with van der Waals surface area (Å²) in [6.45, 7) is 6.06. The molecule has 3 aromatic carbocycles. The van der Waals surface area contributed by atoms with Crippen LogP contribution in [0.4, 0.5) is 17.1 Å². The predicted molar refractivity (Wildman–Crippen MR) is 146 cm³/mol. The number of ether oxygens (including phenoxy) is 1. The number of esters is 1. The van der Waals surface area contributed by atoms with Crippen LogP contribution in [0.2, 0.25) is 0 Å². The molecule has 0 saturated heterocycles. The minimum absolute atomic E-state index is 0.0873. The Labute approximate surface area is 225 Å². The molecule has 0 atom stereocenters. The second kappa shape index (κ2) is 11.3. The van der Waals surface area contributed by atoms with E-state index in [0.29, 0.717) is 29.8 Å². The van der Waals surface area contributed by atoms with Crippen molar-refractivity contribution < 1.29 is 23.9 Å². The lowest BCUT2D eigenvalue weighted by Gasteiger charge is -2.15. The van der Waals surface area contributed by atoms with Crippen LogP contribution < -0.4 is 15.5 Å². The molecule has 9 heteroatoms. The molecule has 0 spiro atoms. The highest BCUT2D eigenvalue weighted by Gasteiger charge is 2.39. The molecular weight excluding hydrogens is 506 g/mol. The second-order valence-electron chi connectivity index (χ2n) is 8.79. The minimum atomic E-state index is -0.690. The summed E-state index contributed by atoms with van der Waals surface area (Å²) >= 11 is 6.22. The van der Waals surface area contributed by atoms with E-state index in [9.17, 15) is 19.2 Å². The highest BCUT2D eigenvalue weighted by atomic mass is 35.5. The van der Waals surface area contributed by atoms with E-state index < -0.39 is 17.8 Å². The van der Waals surface area contributed by atoms with Crippen LogP contribution in [0, 0.1) is 13.8 Å². The minimum Gasteiger partial charge on any atom is -0.462 e. The van der Waals surface area contributed by atoms with Gasteiger partial charge >= 0.3 is 5.97 Å². The number of imide groups is 1. The SMILES string of the molecule is CCCOC(=O)c1ccc(N2C(=O)C(Cl)=C(Nc3ccc(C(=O)Nc4cc(C)ccc4C)cc3)C2=O)cc1. The average molecular weight is 532 g/mol. The molecule has 3 aromatic rings. The number of carbonyl (C=O) groups is 4. The van der Waals surface area contributed by atoms with Crippen molar-refractivity contribution in [2.45, 2.75) is 27.2 Å². The number of hydrogen-bond acceptors (Lipinski definition) is 6. The Kier molecular flexibility index (Phi) is 7.93. The van der Waals surface area contributed by atoms with Crippen LogP contribution in [0.1, 0.15) is 45.2 Å². The van der Waals surface area contributed by atoms with E-state index in [-0.39, 0.29) is 22.3 Å². The number of nitrogens with one attached hydrogen (secondary N) is 2. The highest BCUT2D eigenvalue weighted by molar-refractivity contribution is 6.53. The molecule has 0 aromatic heterocycles. The maximum absolute atomic E-state index is 13.1. The second-order valence-corrected chi connectivity index (χ2v) is 9.17. The number of hydrogen-bond donors (Lipinski definition) is 2. The first-order valence-corrected chi connectivity index (χ1v) is 12.4. The molecule has 1 aliphatic heterocycles. The summed E-state index contributed by atoms with van der Waals surface area (Å²) < 4.78 is 5.10. The molecule has 3 amide bonds. The topological polar surface area (TPSA) is 105 Å². The summed E-state index contributed by atoms with van der Waals surface area (Å²) in [6.07, 6.45) is 0.698. The lowest BCUT2D eigenvalue weighted by molar-refractivity contribution is -0.120. The zero-order valence-electron chi connectivity index (χ0n) is 21.1. The first-order valence-electron chi connectivity index (χ1n) is 12.0. The zero-order valence-corrected chi connectivity index (χ0v) is 21.9. The Morgan fingerprint density at radius 3 is 2.21 bits per heavy atom. The van der Waals surface area contributed by atoms with Gasteiger partial charge in [-0.15, -0.1) is 0 Å². The van der Waals surface area contributed by atoms with Crippen molar-refractivity contribution >= 4 is 52.4 Å². The van der Waals surface area contributed by atoms with Crippen LogP contribution in [-0.4, -0.2) is 30.3 Å². The molecule has 0 saturated carbocycles. The van der Waals surface area contributed by atoms with Gasteiger partial charge in [-0.2, -0.15) is 0 Å². The van der Waals surface area contributed by atoms with Crippen LogP contribution >= 0.6 is 11.6 Å². The third-order valence-electron chi connectivity index (χ3n) is 5.88. The molecule has 0 aliphatic carbocycles. The van der Waals surface area contributed by atoms with Crippen LogP contribution in [0.3, 0.4) is 0 Å². The van der Waals surface area contributed by atoms with Crippen molar-refractivity contribution in [3.8, 4) is 0 Å². The monoisotopic (exact) mass is 531 g/mol. The van der Waals surface area contributed by atoms with Gasteiger partial charge in [0.1, 0.15) is 10.7 Å². The maximum Gasteiger partial charge on any atom is 0.338 e. The van der Waals surface area contributed by atoms with E-state index in [2.05, 4.69) is 10.6 Å². The van der Waals surface area contributed by atoms with Gasteiger partial charge in [0.2, 0.25) is 0 Å². The summed E-state index contributed by atoms with van der Waals surface area (Å²) in [5.74, 6) is -2.09. The standard InChI is InChI=1S/C29H26ClN3O5/c1-4-15-38-29(37)20-9-13-22(14-10-20)33-27(35)24(30)25(28(33)36)31-21-11-7-19(8-12-21)26(34)32-23-16-17(2)5-6-18(23)3/h5-14,16,31H,4,15H2,1-3H3,(H,32,34). The quantitative estimate of drug-likeness (QED) is 0.291. The Hall–Kier alpha value is -4.43. The smallest absolute Gasteiger partial charge is 0.338 e. The van der Waals surface area contributed by atoms with E-state index in [4.69, 9.17) is 16.3 Å². The largest absolute Gasteiger partial charge is 0.462 e. The summed E-state index contributed by atoms with van der Waals surface area (Å²) in [7, 11) is 0. The molecule has 0 radical (unpaired) electrons. The molecular formula is C29H26ClN3O5. The van der Waals surface area contributed by atoms with E-state index in [1.54, 1.807) is 24.3 Å². The van der Waals surface area contributed by atoms with E-state index in [0.717, 1.165) is 21.7 Å². The molecule has 0 bridgehead atoms. The zero-order chi connectivity index (χ0) is 27.4. The first-order chi connectivity index (χ1) is 18.2. The fourth-order valence-corrected chi connectivity index (χ4v) is 4.00. The first kappa shape index (κ1) is 26.6. The average Bonchev–Trinajstić information content (AvgIpc) is 3.12. The third kappa shape index (κ3) is 5.60. The number of nitrogens with zero attached hydrogens (tertiary/aromatic N) is 1. The maximum atomic E-state index is 13.1. The number of halogens is 1. The van der Waals surface area contributed by atoms with Gasteiger partial charge in [0, 0.05) is 16.9 Å². The molecule has 2 N–H and O–H groups in total. The van der Waals surface area contributed by atoms with Gasteiger partial charge in [-0.1, -0.05) is 30.7 Å². The van der Waals surface area contributed by atoms with E-state index in [1.807, 2.05) is 39.0 Å². The van der Waals surface area contributed by atoms with E-state index in [1.165, 1.54) is 24.3 Å². The highest BCUT2D eigenvalue weighted by Crippen LogP contribution is 2.30. The van der Waals surface area contributed by atoms with Gasteiger partial charge in [-0.25, -0.2) is 9.69 Å². The molecule has 38 heavy (non-hydrogen) atoms. The lowest BCUT2D eigenvalue weighted by atomic mass is 10.1. The van der Waals surface area contributed by atoms with Crippen molar-refractivity contribution in [3.63, 3.8) is 0 Å². The fourth-order valence-electron chi connectivity index (χ4n) is 3.78. The fraction of sp³-hybridized carbons (Fsp3) is 0.172. The van der Waals surface area contributed by atoms with Crippen molar-refractivity contribution in [1.29, 1.82) is 0 Å². The van der Waals surface area contributed by atoms with E-state index >= 15 is 0 Å². The van der Waals surface area contributed by atoms with Crippen LogP contribution in [0.5, 0.6) is 0 Å². The van der Waals surface area contributed by atoms with Gasteiger partial charge in [0.15, 0.2) is 0 Å². The Bertz CT molecular complexity index is 1450. The number of amides is 3. The molecule has 0 fully saturated rings. The molecule has 194 valence electrons. The third-order valence-corrected chi connectivity index (χ3v) is 6.23. The van der Waals surface area contributed by atoms with Crippen LogP contribution in [-0.2, 0) is 14.3 Å². The lowest BCUT2D eigenvalue weighted by Crippen LogP contribution is -2.32. The van der Waals surface area contributed by atoms with Gasteiger partial charge < -0.3 is 15.4 Å². The number of aryl methyl sites for hydroxylation is 2. The summed E-state index contributed by atoms with van der Waals surface area (Å²) in [5, 5.41) is 5.52. The number of anilines is 3. The number of carbonyl (C=O) groups excluding carboxylic acids is 4. The summed E-state index contributed by atoms with van der Waals surface area (Å²) in [6, 6.07) is 18.2. The number of benzene rings is 3. The Morgan fingerprint density at radius 2 is 1.55 bits per heavy atom. The molecule has 1 aliphatic rings. The van der Waals surface area contributed by atoms with Crippen LogP contribution in [0.15, 0.2) is 77.5 Å². The van der Waals surface area contributed by atoms with Gasteiger partial charge in [0.05, 0.1) is 17.9 Å². The number of rotatable bonds is 8. The normalized spacial score (nSPS) is 13.1. The van der Waals surface area contributed by atoms with Crippen molar-refractivity contribution in [2.24, 2.45) is 0 Å².